The molecule has 0 saturated carbocycles. The van der Waals surface area contributed by atoms with E-state index in [1.165, 1.54) is 3.97 Å². The molecule has 0 unspecified atom stereocenters. The number of primary sulfonamides is 1. The summed E-state index contributed by atoms with van der Waals surface area (Å²) in [5.74, 6) is -0.864. The van der Waals surface area contributed by atoms with Gasteiger partial charge in [0.25, 0.3) is 5.91 Å². The number of hydrogen-bond acceptors (Lipinski definition) is 4. The Balaban J connectivity index is 2.48. The van der Waals surface area contributed by atoms with Crippen molar-refractivity contribution in [3.63, 3.8) is 0 Å². The van der Waals surface area contributed by atoms with Gasteiger partial charge < -0.3 is 4.90 Å². The number of nitrogens with two attached hydrogens (primary N) is 1. The topological polar surface area (TPSA) is 85.4 Å². The summed E-state index contributed by atoms with van der Waals surface area (Å²) in [4.78, 5) is 12.2. The maximum atomic E-state index is 12.4. The van der Waals surface area contributed by atoms with Crippen LogP contribution >= 0.6 is 30.3 Å². The van der Waals surface area contributed by atoms with Crippen molar-refractivity contribution in [1.82, 2.24) is 8.87 Å². The number of fused-ring (bicyclic) bond motifs is 1. The molecule has 2 heterocycles. The van der Waals surface area contributed by atoms with Crippen LogP contribution in [0.15, 0.2) is 11.1 Å². The van der Waals surface area contributed by atoms with Crippen LogP contribution in [0.3, 0.4) is 0 Å². The Morgan fingerprint density at radius 1 is 1.45 bits per heavy atom. The van der Waals surface area contributed by atoms with Crippen molar-refractivity contribution in [2.75, 3.05) is 6.54 Å². The largest absolute Gasteiger partial charge is 0.406 e. The van der Waals surface area contributed by atoms with Gasteiger partial charge in [-0.1, -0.05) is 0 Å². The maximum absolute atomic E-state index is 12.4. The zero-order chi connectivity index (χ0) is 15.3. The minimum atomic E-state index is -4.55. The molecule has 2 N–H and O–H groups in total. The van der Waals surface area contributed by atoms with Crippen LogP contribution in [-0.2, 0) is 16.6 Å². The van der Waals surface area contributed by atoms with E-state index in [2.05, 4.69) is 0 Å². The molecule has 0 saturated heterocycles. The Morgan fingerprint density at radius 3 is 2.50 bits per heavy atom. The second-order valence-electron chi connectivity index (χ2n) is 4.04. The molecule has 1 amide bonds. The number of carbonyl (C=O) groups excluding carboxylic acids is 1. The van der Waals surface area contributed by atoms with Gasteiger partial charge in [0.05, 0.1) is 6.54 Å². The van der Waals surface area contributed by atoms with E-state index in [0.29, 0.717) is 4.90 Å². The minimum Gasteiger partial charge on any atom is -0.324 e. The smallest absolute Gasteiger partial charge is 0.324 e. The highest BCUT2D eigenvalue weighted by Crippen LogP contribution is 2.35. The fourth-order valence-electron chi connectivity index (χ4n) is 1.93. The predicted octanol–water partition coefficient (Wildman–Crippen LogP) is 1.50. The SMILES string of the molecule is NS(=O)(=O)c1cn(SI)c2c1CN(CC(F)(F)F)C2=O. The van der Waals surface area contributed by atoms with E-state index in [1.54, 1.807) is 21.2 Å². The first-order valence-corrected chi connectivity index (χ1v) is 9.83. The van der Waals surface area contributed by atoms with E-state index in [1.807, 2.05) is 0 Å². The highest BCUT2D eigenvalue weighted by molar-refractivity contribution is 14.2. The monoisotopic (exact) mass is 441 g/mol. The van der Waals surface area contributed by atoms with Crippen LogP contribution in [0, 0.1) is 0 Å². The fraction of sp³-hybridized carbons (Fsp3) is 0.375. The number of halogens is 4. The fourth-order valence-corrected chi connectivity index (χ4v) is 4.09. The quantitative estimate of drug-likeness (QED) is 0.721. The average Bonchev–Trinajstić information content (AvgIpc) is 2.75. The molecule has 2 rings (SSSR count). The third-order valence-electron chi connectivity index (χ3n) is 2.63. The lowest BCUT2D eigenvalue weighted by molar-refractivity contribution is -0.141. The van der Waals surface area contributed by atoms with Crippen molar-refractivity contribution in [3.8, 4) is 0 Å². The lowest BCUT2D eigenvalue weighted by Gasteiger charge is -2.18. The first kappa shape index (κ1) is 15.9. The summed E-state index contributed by atoms with van der Waals surface area (Å²) in [5.41, 5.74) is -0.0800. The van der Waals surface area contributed by atoms with Gasteiger partial charge in [-0.05, 0) is 0 Å². The number of alkyl halides is 3. The molecule has 6 nitrogen and oxygen atoms in total. The Bertz CT molecular complexity index is 670. The standard InChI is InChI=1S/C8H7F3IN3O3S2/c9-8(10,11)3-14-1-4-5(20(13,17)18)2-15(19-12)6(4)7(14)16/h2H,1,3H2,(H2,13,17,18). The van der Waals surface area contributed by atoms with Gasteiger partial charge in [-0.15, -0.1) is 0 Å². The highest BCUT2D eigenvalue weighted by atomic mass is 127. The van der Waals surface area contributed by atoms with Gasteiger partial charge in [0.2, 0.25) is 10.0 Å². The number of amides is 1. The average molecular weight is 441 g/mol. The highest BCUT2D eigenvalue weighted by Gasteiger charge is 2.41. The number of sulfonamides is 1. The molecule has 0 fully saturated rings. The van der Waals surface area contributed by atoms with Crippen LogP contribution in [0.4, 0.5) is 13.2 Å². The van der Waals surface area contributed by atoms with Gasteiger partial charge in [-0.25, -0.2) is 13.6 Å². The maximum Gasteiger partial charge on any atom is 0.406 e. The zero-order valence-corrected chi connectivity index (χ0v) is 13.3. The number of nitrogens with zero attached hydrogens (tertiary/aromatic N) is 2. The molecule has 112 valence electrons. The van der Waals surface area contributed by atoms with Crippen molar-refractivity contribution < 1.29 is 26.4 Å². The normalized spacial score (nSPS) is 15.8. The lowest BCUT2D eigenvalue weighted by Crippen LogP contribution is -2.35. The first-order valence-electron chi connectivity index (χ1n) is 4.96. The Labute approximate surface area is 128 Å². The van der Waals surface area contributed by atoms with E-state index in [-0.39, 0.29) is 16.2 Å². The molecule has 1 aromatic heterocycles. The summed E-state index contributed by atoms with van der Waals surface area (Å²) in [6, 6.07) is 0. The summed E-state index contributed by atoms with van der Waals surface area (Å²) in [5, 5.41) is 5.01. The number of aromatic nitrogens is 1. The van der Waals surface area contributed by atoms with Gasteiger partial charge in [-0.2, -0.15) is 13.2 Å². The molecule has 0 bridgehead atoms. The van der Waals surface area contributed by atoms with E-state index < -0.39 is 35.2 Å². The third-order valence-corrected chi connectivity index (χ3v) is 5.30. The van der Waals surface area contributed by atoms with Crippen LogP contribution < -0.4 is 5.14 Å². The molecule has 0 atom stereocenters. The van der Waals surface area contributed by atoms with Crippen LogP contribution in [0.5, 0.6) is 0 Å². The second kappa shape index (κ2) is 5.06. The summed E-state index contributed by atoms with van der Waals surface area (Å²) in [7, 11) is -3.13. The Hall–Kier alpha value is -0.470. The molecular formula is C8H7F3IN3O3S2. The summed E-state index contributed by atoms with van der Waals surface area (Å²) < 4.78 is 61.2. The van der Waals surface area contributed by atoms with E-state index in [0.717, 1.165) is 15.3 Å². The Kier molecular flexibility index (Phi) is 4.03. The van der Waals surface area contributed by atoms with Gasteiger partial charge in [0.1, 0.15) is 17.1 Å². The minimum absolute atomic E-state index is 0.00548. The lowest BCUT2D eigenvalue weighted by atomic mass is 10.3. The van der Waals surface area contributed by atoms with E-state index in [9.17, 15) is 26.4 Å². The Morgan fingerprint density at radius 2 is 2.05 bits per heavy atom. The molecule has 1 aromatic rings. The second-order valence-corrected chi connectivity index (χ2v) is 7.28. The summed E-state index contributed by atoms with van der Waals surface area (Å²) >= 11 is 1.78. The van der Waals surface area contributed by atoms with Crippen molar-refractivity contribution in [2.24, 2.45) is 5.14 Å². The third kappa shape index (κ3) is 2.92. The molecular weight excluding hydrogens is 434 g/mol. The van der Waals surface area contributed by atoms with Gasteiger partial charge >= 0.3 is 6.18 Å². The van der Waals surface area contributed by atoms with Crippen molar-refractivity contribution in [3.05, 3.63) is 17.5 Å². The van der Waals surface area contributed by atoms with Gasteiger partial charge in [0.15, 0.2) is 0 Å². The molecule has 1 aliphatic rings. The van der Waals surface area contributed by atoms with Gasteiger partial charge in [-0.3, -0.25) is 8.77 Å². The summed E-state index contributed by atoms with van der Waals surface area (Å²) in [6.45, 7) is -1.86. The molecule has 1 aliphatic heterocycles. The molecule has 12 heteroatoms. The first-order chi connectivity index (χ1) is 9.04. The van der Waals surface area contributed by atoms with Crippen molar-refractivity contribution >= 4 is 46.3 Å². The van der Waals surface area contributed by atoms with Crippen LogP contribution in [-0.4, -0.2) is 35.9 Å². The molecule has 20 heavy (non-hydrogen) atoms. The van der Waals surface area contributed by atoms with Crippen LogP contribution in [0.1, 0.15) is 16.1 Å². The molecule has 0 spiro atoms. The van der Waals surface area contributed by atoms with Crippen molar-refractivity contribution in [2.45, 2.75) is 17.6 Å². The number of hydrogen-bond donors (Lipinski definition) is 1. The van der Waals surface area contributed by atoms with E-state index >= 15 is 0 Å². The predicted molar refractivity (Wildman–Crippen MR) is 73.6 cm³/mol. The van der Waals surface area contributed by atoms with Crippen molar-refractivity contribution in [1.29, 1.82) is 0 Å². The molecule has 0 radical (unpaired) electrons. The molecule has 0 aliphatic carbocycles. The summed E-state index contributed by atoms with van der Waals surface area (Å²) in [6.07, 6.45) is -3.41. The van der Waals surface area contributed by atoms with Crippen LogP contribution in [0.2, 0.25) is 0 Å². The van der Waals surface area contributed by atoms with Gasteiger partial charge in [0, 0.05) is 42.1 Å². The van der Waals surface area contributed by atoms with E-state index in [4.69, 9.17) is 5.14 Å². The zero-order valence-electron chi connectivity index (χ0n) is 9.52. The molecule has 0 aromatic carbocycles. The number of rotatable bonds is 3. The number of carbonyl (C=O) groups is 1. The van der Waals surface area contributed by atoms with Crippen LogP contribution in [0.25, 0.3) is 0 Å².